The molecule has 1 heterocycles. The van der Waals surface area contributed by atoms with Crippen molar-refractivity contribution in [3.8, 4) is 5.75 Å². The number of anilines is 1. The summed E-state index contributed by atoms with van der Waals surface area (Å²) in [5.41, 5.74) is 5.05. The summed E-state index contributed by atoms with van der Waals surface area (Å²) in [7, 11) is 1.90. The van der Waals surface area contributed by atoms with E-state index in [2.05, 4.69) is 88.3 Å². The number of carbonyl (C=O) groups excluding carboxylic acids is 1. The Bertz CT molecular complexity index is 1200. The molecule has 0 radical (unpaired) electrons. The number of rotatable bonds is 12. The minimum absolute atomic E-state index is 0.418. The Balaban J connectivity index is 0.000000208. The lowest BCUT2D eigenvalue weighted by molar-refractivity contribution is -0.107. The lowest BCUT2D eigenvalue weighted by Gasteiger charge is -2.35. The highest BCUT2D eigenvalue weighted by Gasteiger charge is 2.23. The molecule has 0 unspecified atom stereocenters. The van der Waals surface area contributed by atoms with Gasteiger partial charge in [-0.25, -0.2) is 0 Å². The Morgan fingerprint density at radius 2 is 1.37 bits per heavy atom. The van der Waals surface area contributed by atoms with E-state index in [1.807, 2.05) is 49.5 Å². The molecule has 5 heteroatoms. The zero-order valence-corrected chi connectivity index (χ0v) is 24.1. The van der Waals surface area contributed by atoms with Gasteiger partial charge in [-0.2, -0.15) is 0 Å². The molecule has 41 heavy (non-hydrogen) atoms. The monoisotopic (exact) mass is 549 g/mol. The molecule has 4 aromatic rings. The number of hydrogen-bond donors (Lipinski definition) is 2. The maximum Gasteiger partial charge on any atom is 0.121 e. The molecule has 0 aromatic heterocycles. The summed E-state index contributed by atoms with van der Waals surface area (Å²) >= 11 is 0. The van der Waals surface area contributed by atoms with E-state index in [0.29, 0.717) is 25.0 Å². The van der Waals surface area contributed by atoms with Crippen LogP contribution in [0.2, 0.25) is 0 Å². The third-order valence-electron chi connectivity index (χ3n) is 7.52. The van der Waals surface area contributed by atoms with Crippen molar-refractivity contribution < 1.29 is 9.53 Å². The van der Waals surface area contributed by atoms with Gasteiger partial charge in [-0.3, -0.25) is 0 Å². The van der Waals surface area contributed by atoms with Crippen molar-refractivity contribution >= 4 is 12.0 Å². The van der Waals surface area contributed by atoms with Crippen LogP contribution in [0.15, 0.2) is 115 Å². The Kier molecular flexibility index (Phi) is 12.5. The molecular formula is C36H43N3O2. The molecule has 0 aliphatic carbocycles. The Labute approximate surface area is 245 Å². The number of benzene rings is 4. The van der Waals surface area contributed by atoms with Gasteiger partial charge in [0.15, 0.2) is 0 Å². The van der Waals surface area contributed by atoms with Crippen LogP contribution in [-0.2, 0) is 11.4 Å². The third-order valence-corrected chi connectivity index (χ3v) is 7.52. The van der Waals surface area contributed by atoms with Gasteiger partial charge in [0.05, 0.1) is 0 Å². The van der Waals surface area contributed by atoms with Crippen LogP contribution in [0, 0.1) is 0 Å². The van der Waals surface area contributed by atoms with Gasteiger partial charge in [0.2, 0.25) is 0 Å². The third kappa shape index (κ3) is 10.2. The van der Waals surface area contributed by atoms with Crippen molar-refractivity contribution in [2.75, 3.05) is 38.5 Å². The molecule has 1 fully saturated rings. The average molecular weight is 550 g/mol. The average Bonchev–Trinajstić information content (AvgIpc) is 3.05. The lowest BCUT2D eigenvalue weighted by Crippen LogP contribution is -2.44. The fourth-order valence-electron chi connectivity index (χ4n) is 5.16. The minimum atomic E-state index is 0.418. The van der Waals surface area contributed by atoms with Crippen LogP contribution in [0.4, 0.5) is 5.69 Å². The van der Waals surface area contributed by atoms with Gasteiger partial charge in [-0.15, -0.1) is 0 Å². The van der Waals surface area contributed by atoms with Gasteiger partial charge in [-0.1, -0.05) is 91.0 Å². The number of likely N-dealkylation sites (tertiary alicyclic amines) is 1. The molecule has 1 aliphatic heterocycles. The predicted molar refractivity (Wildman–Crippen MR) is 170 cm³/mol. The molecule has 5 nitrogen and oxygen atoms in total. The lowest BCUT2D eigenvalue weighted by atomic mass is 9.90. The zero-order valence-electron chi connectivity index (χ0n) is 24.1. The molecule has 214 valence electrons. The second-order valence-corrected chi connectivity index (χ2v) is 10.4. The van der Waals surface area contributed by atoms with Crippen LogP contribution >= 0.6 is 0 Å². The van der Waals surface area contributed by atoms with Crippen molar-refractivity contribution in [3.63, 3.8) is 0 Å². The molecule has 2 N–H and O–H groups in total. The molecule has 0 spiro atoms. The Morgan fingerprint density at radius 3 is 1.90 bits per heavy atom. The van der Waals surface area contributed by atoms with Crippen LogP contribution in [0.5, 0.6) is 5.75 Å². The van der Waals surface area contributed by atoms with E-state index >= 15 is 0 Å². The fraction of sp³-hybridized carbons (Fsp3) is 0.306. The largest absolute Gasteiger partial charge is 0.489 e. The summed E-state index contributed by atoms with van der Waals surface area (Å²) in [6, 6.07) is 40.3. The SMILES string of the molecule is CNc1ccc(OCc2ccccc2)cc1.O=CCCNC1CCN(CC(c2ccccc2)c2ccccc2)CC1. The summed E-state index contributed by atoms with van der Waals surface area (Å²) < 4.78 is 5.66. The van der Waals surface area contributed by atoms with Crippen molar-refractivity contribution in [1.29, 1.82) is 0 Å². The van der Waals surface area contributed by atoms with Gasteiger partial charge >= 0.3 is 0 Å². The van der Waals surface area contributed by atoms with Crippen molar-refractivity contribution in [2.45, 2.75) is 37.8 Å². The number of ether oxygens (including phenoxy) is 1. The van der Waals surface area contributed by atoms with Crippen LogP contribution in [0.3, 0.4) is 0 Å². The summed E-state index contributed by atoms with van der Waals surface area (Å²) in [5, 5.41) is 6.57. The summed E-state index contributed by atoms with van der Waals surface area (Å²) in [6.45, 7) is 4.73. The number of nitrogens with one attached hydrogen (secondary N) is 2. The van der Waals surface area contributed by atoms with Gasteiger partial charge in [-0.05, 0) is 66.9 Å². The first kappa shape index (κ1) is 30.0. The molecule has 0 bridgehead atoms. The van der Waals surface area contributed by atoms with Crippen molar-refractivity contribution in [3.05, 3.63) is 132 Å². The minimum Gasteiger partial charge on any atom is -0.489 e. The van der Waals surface area contributed by atoms with E-state index in [1.54, 1.807) is 0 Å². The number of hydrogen-bond acceptors (Lipinski definition) is 5. The van der Waals surface area contributed by atoms with E-state index in [0.717, 1.165) is 56.7 Å². The molecule has 5 rings (SSSR count). The van der Waals surface area contributed by atoms with E-state index in [1.165, 1.54) is 16.7 Å². The van der Waals surface area contributed by atoms with Gasteiger partial charge in [0.25, 0.3) is 0 Å². The van der Waals surface area contributed by atoms with Crippen LogP contribution in [0.1, 0.15) is 41.9 Å². The van der Waals surface area contributed by atoms with E-state index in [9.17, 15) is 4.79 Å². The van der Waals surface area contributed by atoms with Crippen LogP contribution in [-0.4, -0.2) is 50.5 Å². The highest BCUT2D eigenvalue weighted by Crippen LogP contribution is 2.27. The van der Waals surface area contributed by atoms with E-state index in [-0.39, 0.29) is 0 Å². The number of nitrogens with zero attached hydrogens (tertiary/aromatic N) is 1. The van der Waals surface area contributed by atoms with E-state index in [4.69, 9.17) is 4.74 Å². The smallest absolute Gasteiger partial charge is 0.121 e. The molecular weight excluding hydrogens is 506 g/mol. The number of carbonyl (C=O) groups is 1. The van der Waals surface area contributed by atoms with Crippen LogP contribution < -0.4 is 15.4 Å². The summed E-state index contributed by atoms with van der Waals surface area (Å²) in [4.78, 5) is 13.0. The molecule has 1 saturated heterocycles. The van der Waals surface area contributed by atoms with Crippen molar-refractivity contribution in [2.24, 2.45) is 0 Å². The second-order valence-electron chi connectivity index (χ2n) is 10.4. The summed E-state index contributed by atoms with van der Waals surface area (Å²) in [6.07, 6.45) is 3.93. The van der Waals surface area contributed by atoms with Gasteiger partial charge < -0.3 is 25.1 Å². The first-order valence-electron chi connectivity index (χ1n) is 14.7. The first-order valence-corrected chi connectivity index (χ1v) is 14.7. The van der Waals surface area contributed by atoms with E-state index < -0.39 is 0 Å². The van der Waals surface area contributed by atoms with Gasteiger partial charge in [0.1, 0.15) is 18.6 Å². The highest BCUT2D eigenvalue weighted by atomic mass is 16.5. The number of aldehydes is 1. The Hall–Kier alpha value is -3.93. The quantitative estimate of drug-likeness (QED) is 0.151. The molecule has 0 amide bonds. The molecule has 1 aliphatic rings. The fourth-order valence-corrected chi connectivity index (χ4v) is 5.16. The number of piperidine rings is 1. The van der Waals surface area contributed by atoms with Crippen molar-refractivity contribution in [1.82, 2.24) is 10.2 Å². The Morgan fingerprint density at radius 1 is 0.805 bits per heavy atom. The van der Waals surface area contributed by atoms with Crippen LogP contribution in [0.25, 0.3) is 0 Å². The maximum atomic E-state index is 10.4. The zero-order chi connectivity index (χ0) is 28.5. The molecule has 4 aromatic carbocycles. The standard InChI is InChI=1S/C22H28N2O.C14H15NO/c25-17-7-14-23-21-12-15-24(16-13-21)18-22(19-8-3-1-4-9-19)20-10-5-2-6-11-20;1-15-13-7-9-14(10-8-13)16-11-12-5-3-2-4-6-12/h1-6,8-11,17,21-23H,7,12-16,18H2;2-10,15H,11H2,1H3. The normalized spacial score (nSPS) is 13.7. The second kappa shape index (κ2) is 17.0. The maximum absolute atomic E-state index is 10.4. The predicted octanol–water partition coefficient (Wildman–Crippen LogP) is 6.77. The summed E-state index contributed by atoms with van der Waals surface area (Å²) in [5.74, 6) is 1.31. The first-order chi connectivity index (χ1) is 20.2. The molecule has 0 atom stereocenters. The molecule has 0 saturated carbocycles. The highest BCUT2D eigenvalue weighted by molar-refractivity contribution is 5.49. The van der Waals surface area contributed by atoms with Gasteiger partial charge in [0, 0.05) is 44.2 Å². The topological polar surface area (TPSA) is 53.6 Å².